The van der Waals surface area contributed by atoms with E-state index < -0.39 is 11.7 Å². The Labute approximate surface area is 188 Å². The van der Waals surface area contributed by atoms with Crippen molar-refractivity contribution in [3.05, 3.63) is 41.3 Å². The fourth-order valence-corrected chi connectivity index (χ4v) is 3.34. The summed E-state index contributed by atoms with van der Waals surface area (Å²) in [5.41, 5.74) is 1.78. The topological polar surface area (TPSA) is 134 Å². The molecule has 0 aliphatic rings. The Bertz CT molecular complexity index is 1380. The maximum Gasteiger partial charge on any atom is 0.413 e. The fraction of sp³-hybridized carbons (Fsp3) is 0.238. The molecule has 2 N–H and O–H groups in total. The van der Waals surface area contributed by atoms with Crippen molar-refractivity contribution in [3.63, 3.8) is 0 Å². The number of nitriles is 1. The summed E-state index contributed by atoms with van der Waals surface area (Å²) < 4.78 is 6.90. The van der Waals surface area contributed by atoms with Crippen LogP contribution in [-0.4, -0.2) is 41.6 Å². The van der Waals surface area contributed by atoms with Crippen molar-refractivity contribution in [1.82, 2.24) is 29.9 Å². The number of H-pyrrole nitrogens is 1. The van der Waals surface area contributed by atoms with Crippen LogP contribution < -0.4 is 5.32 Å². The molecule has 32 heavy (non-hydrogen) atoms. The number of rotatable bonds is 3. The van der Waals surface area contributed by atoms with Crippen LogP contribution in [-0.2, 0) is 11.8 Å². The minimum Gasteiger partial charge on any atom is -0.444 e. The summed E-state index contributed by atoms with van der Waals surface area (Å²) in [5, 5.41) is 24.7. The smallest absolute Gasteiger partial charge is 0.413 e. The highest BCUT2D eigenvalue weighted by Gasteiger charge is 2.23. The first-order valence-electron chi connectivity index (χ1n) is 9.60. The Hall–Kier alpha value is -3.97. The Morgan fingerprint density at radius 1 is 1.28 bits per heavy atom. The third kappa shape index (κ3) is 4.24. The minimum atomic E-state index is -0.745. The monoisotopic (exact) mass is 450 g/mol. The summed E-state index contributed by atoms with van der Waals surface area (Å²) in [7, 11) is 1.77. The molecular formula is C21H19ClN8O2. The number of aromatic nitrogens is 6. The zero-order chi connectivity index (χ0) is 23.0. The lowest BCUT2D eigenvalue weighted by atomic mass is 10.1. The van der Waals surface area contributed by atoms with Gasteiger partial charge in [0.05, 0.1) is 16.7 Å². The normalized spacial score (nSPS) is 11.4. The molecule has 0 fully saturated rings. The maximum atomic E-state index is 12.3. The van der Waals surface area contributed by atoms with Gasteiger partial charge in [-0.05, 0) is 39.0 Å². The lowest BCUT2D eigenvalue weighted by molar-refractivity contribution is 0.0635. The summed E-state index contributed by atoms with van der Waals surface area (Å²) in [6.45, 7) is 5.21. The van der Waals surface area contributed by atoms with Gasteiger partial charge in [-0.1, -0.05) is 11.6 Å². The van der Waals surface area contributed by atoms with Crippen LogP contribution in [0.2, 0.25) is 5.02 Å². The van der Waals surface area contributed by atoms with E-state index in [0.717, 1.165) is 5.39 Å². The SMILES string of the molecule is Cn1ccc(-c2nc(NC(=O)OC(C)(C)C)c(C#N)nc2-c2cc(Cl)c3[nH]ncc3c2)n1. The first-order valence-corrected chi connectivity index (χ1v) is 9.97. The van der Waals surface area contributed by atoms with Crippen LogP contribution in [0.15, 0.2) is 30.6 Å². The number of ether oxygens (including phenoxy) is 1. The molecule has 162 valence electrons. The molecule has 1 amide bonds. The molecule has 3 heterocycles. The Balaban J connectivity index is 1.89. The summed E-state index contributed by atoms with van der Waals surface area (Å²) in [6.07, 6.45) is 2.65. The van der Waals surface area contributed by atoms with Gasteiger partial charge in [-0.25, -0.2) is 14.8 Å². The molecular weight excluding hydrogens is 432 g/mol. The summed E-state index contributed by atoms with van der Waals surface area (Å²) in [6, 6.07) is 7.29. The molecule has 4 rings (SSSR count). The highest BCUT2D eigenvalue weighted by atomic mass is 35.5. The Morgan fingerprint density at radius 2 is 2.06 bits per heavy atom. The molecule has 0 aliphatic carbocycles. The van der Waals surface area contributed by atoms with Gasteiger partial charge < -0.3 is 4.74 Å². The van der Waals surface area contributed by atoms with Crippen LogP contribution in [0.25, 0.3) is 33.5 Å². The van der Waals surface area contributed by atoms with E-state index in [1.807, 2.05) is 12.1 Å². The number of aryl methyl sites for hydroxylation is 1. The number of anilines is 1. The van der Waals surface area contributed by atoms with E-state index in [2.05, 4.69) is 30.6 Å². The number of benzene rings is 1. The third-order valence-corrected chi connectivity index (χ3v) is 4.65. The molecule has 4 aromatic rings. The van der Waals surface area contributed by atoms with E-state index in [0.29, 0.717) is 33.2 Å². The number of nitrogens with one attached hydrogen (secondary N) is 2. The van der Waals surface area contributed by atoms with Gasteiger partial charge >= 0.3 is 6.09 Å². The quantitative estimate of drug-likeness (QED) is 0.475. The highest BCUT2D eigenvalue weighted by Crippen LogP contribution is 2.34. The second-order valence-corrected chi connectivity index (χ2v) is 8.43. The van der Waals surface area contributed by atoms with Gasteiger partial charge in [0.1, 0.15) is 28.8 Å². The number of carbonyl (C=O) groups excluding carboxylic acids is 1. The van der Waals surface area contributed by atoms with E-state index in [-0.39, 0.29) is 11.5 Å². The number of nitrogens with zero attached hydrogens (tertiary/aromatic N) is 6. The van der Waals surface area contributed by atoms with Gasteiger partial charge in [0.25, 0.3) is 0 Å². The molecule has 3 aromatic heterocycles. The summed E-state index contributed by atoms with van der Waals surface area (Å²) in [4.78, 5) is 21.3. The molecule has 0 aliphatic heterocycles. The lowest BCUT2D eigenvalue weighted by Crippen LogP contribution is -2.28. The van der Waals surface area contributed by atoms with Gasteiger partial charge in [-0.2, -0.15) is 15.5 Å². The molecule has 0 spiro atoms. The first kappa shape index (κ1) is 21.3. The number of halogens is 1. The average Bonchev–Trinajstić information content (AvgIpc) is 3.35. The molecule has 0 saturated carbocycles. The van der Waals surface area contributed by atoms with Crippen molar-refractivity contribution in [2.24, 2.45) is 7.05 Å². The molecule has 0 atom stereocenters. The number of aromatic amines is 1. The molecule has 0 unspecified atom stereocenters. The zero-order valence-electron chi connectivity index (χ0n) is 17.8. The van der Waals surface area contributed by atoms with Crippen molar-refractivity contribution in [3.8, 4) is 28.7 Å². The van der Waals surface area contributed by atoms with Gasteiger partial charge in [0.2, 0.25) is 0 Å². The second kappa shape index (κ2) is 7.94. The lowest BCUT2D eigenvalue weighted by Gasteiger charge is -2.20. The predicted octanol–water partition coefficient (Wildman–Crippen LogP) is 4.29. The number of hydrogen-bond acceptors (Lipinski definition) is 7. The minimum absolute atomic E-state index is 0.0263. The summed E-state index contributed by atoms with van der Waals surface area (Å²) in [5.74, 6) is -0.0263. The number of fused-ring (bicyclic) bond motifs is 1. The number of hydrogen-bond donors (Lipinski definition) is 2. The molecule has 0 saturated heterocycles. The second-order valence-electron chi connectivity index (χ2n) is 8.02. The van der Waals surface area contributed by atoms with E-state index in [4.69, 9.17) is 16.3 Å². The van der Waals surface area contributed by atoms with Gasteiger partial charge in [-0.15, -0.1) is 0 Å². The van der Waals surface area contributed by atoms with Gasteiger partial charge in [-0.3, -0.25) is 15.1 Å². The van der Waals surface area contributed by atoms with Gasteiger partial charge in [0, 0.05) is 24.2 Å². The van der Waals surface area contributed by atoms with E-state index in [9.17, 15) is 10.1 Å². The maximum absolute atomic E-state index is 12.3. The van der Waals surface area contributed by atoms with E-state index >= 15 is 0 Å². The van der Waals surface area contributed by atoms with Crippen molar-refractivity contribution >= 4 is 34.4 Å². The zero-order valence-corrected chi connectivity index (χ0v) is 18.5. The van der Waals surface area contributed by atoms with Crippen LogP contribution in [0.3, 0.4) is 0 Å². The molecule has 1 aromatic carbocycles. The first-order chi connectivity index (χ1) is 15.1. The van der Waals surface area contributed by atoms with Crippen molar-refractivity contribution in [1.29, 1.82) is 5.26 Å². The van der Waals surface area contributed by atoms with Crippen molar-refractivity contribution < 1.29 is 9.53 Å². The fourth-order valence-electron chi connectivity index (χ4n) is 3.07. The summed E-state index contributed by atoms with van der Waals surface area (Å²) >= 11 is 6.41. The van der Waals surface area contributed by atoms with Crippen LogP contribution >= 0.6 is 11.6 Å². The van der Waals surface area contributed by atoms with Crippen LogP contribution in [0.4, 0.5) is 10.6 Å². The van der Waals surface area contributed by atoms with Crippen molar-refractivity contribution in [2.75, 3.05) is 5.32 Å². The largest absolute Gasteiger partial charge is 0.444 e. The van der Waals surface area contributed by atoms with E-state index in [1.165, 1.54) is 0 Å². The Kier molecular flexibility index (Phi) is 5.28. The standard InChI is InChI=1S/C21H19ClN8O2/c1-21(2,3)32-20(31)27-19-15(9-23)25-17(18(26-19)14-5-6-30(4)29-14)11-7-12-10-24-28-16(12)13(22)8-11/h5-8,10H,1-4H3,(H,24,28)(H,26,27,31). The molecule has 0 bridgehead atoms. The molecule has 0 radical (unpaired) electrons. The number of amides is 1. The number of carbonyl (C=O) groups is 1. The Morgan fingerprint density at radius 3 is 2.72 bits per heavy atom. The van der Waals surface area contributed by atoms with Crippen molar-refractivity contribution in [2.45, 2.75) is 26.4 Å². The average molecular weight is 451 g/mol. The van der Waals surface area contributed by atoms with Crippen LogP contribution in [0, 0.1) is 11.3 Å². The van der Waals surface area contributed by atoms with E-state index in [1.54, 1.807) is 57.0 Å². The van der Waals surface area contributed by atoms with Crippen LogP contribution in [0.5, 0.6) is 0 Å². The third-order valence-electron chi connectivity index (χ3n) is 4.35. The molecule has 10 nitrogen and oxygen atoms in total. The highest BCUT2D eigenvalue weighted by molar-refractivity contribution is 6.35. The predicted molar refractivity (Wildman–Crippen MR) is 119 cm³/mol. The molecule has 11 heteroatoms. The van der Waals surface area contributed by atoms with Crippen LogP contribution in [0.1, 0.15) is 26.5 Å². The van der Waals surface area contributed by atoms with Gasteiger partial charge in [0.15, 0.2) is 11.5 Å².